The number of piperazine rings is 1. The SMILES string of the molecule is CCNC(=NCc1c(Cl)cccc1N1CCN(C)CC1)NCC1(C)CCCO1.I. The van der Waals surface area contributed by atoms with Crippen LogP contribution >= 0.6 is 35.6 Å². The molecule has 6 nitrogen and oxygen atoms in total. The minimum absolute atomic E-state index is 0. The Kier molecular flexibility index (Phi) is 9.78. The Hall–Kier alpha value is -0.770. The molecule has 0 aliphatic carbocycles. The number of nitrogens with zero attached hydrogens (tertiary/aromatic N) is 3. The topological polar surface area (TPSA) is 52.1 Å². The summed E-state index contributed by atoms with van der Waals surface area (Å²) in [5, 5.41) is 7.57. The van der Waals surface area contributed by atoms with E-state index >= 15 is 0 Å². The molecular weight excluding hydrogens is 501 g/mol. The molecule has 0 radical (unpaired) electrons. The van der Waals surface area contributed by atoms with Crippen LogP contribution in [0.3, 0.4) is 0 Å². The number of halogens is 2. The van der Waals surface area contributed by atoms with E-state index < -0.39 is 0 Å². The molecule has 8 heteroatoms. The normalized spacial score (nSPS) is 23.0. The van der Waals surface area contributed by atoms with Gasteiger partial charge in [-0.25, -0.2) is 4.99 Å². The lowest BCUT2D eigenvalue weighted by Crippen LogP contribution is -2.45. The molecule has 29 heavy (non-hydrogen) atoms. The van der Waals surface area contributed by atoms with E-state index in [1.165, 1.54) is 5.69 Å². The predicted molar refractivity (Wildman–Crippen MR) is 133 cm³/mol. The van der Waals surface area contributed by atoms with Gasteiger partial charge >= 0.3 is 0 Å². The Labute approximate surface area is 197 Å². The number of anilines is 1. The molecular formula is C21H35ClIN5O. The maximum Gasteiger partial charge on any atom is 0.191 e. The van der Waals surface area contributed by atoms with Gasteiger partial charge in [0.25, 0.3) is 0 Å². The van der Waals surface area contributed by atoms with Crippen LogP contribution in [0.1, 0.15) is 32.3 Å². The second-order valence-corrected chi connectivity index (χ2v) is 8.39. The highest BCUT2D eigenvalue weighted by molar-refractivity contribution is 14.0. The minimum Gasteiger partial charge on any atom is -0.373 e. The molecule has 2 fully saturated rings. The summed E-state index contributed by atoms with van der Waals surface area (Å²) in [7, 11) is 2.17. The highest BCUT2D eigenvalue weighted by atomic mass is 127. The van der Waals surface area contributed by atoms with Gasteiger partial charge in [-0.3, -0.25) is 0 Å². The first kappa shape index (κ1) is 24.5. The molecule has 1 atom stereocenters. The van der Waals surface area contributed by atoms with Gasteiger partial charge in [0.1, 0.15) is 0 Å². The van der Waals surface area contributed by atoms with Crippen LogP contribution in [-0.2, 0) is 11.3 Å². The molecule has 2 saturated heterocycles. The third-order valence-corrected chi connectivity index (χ3v) is 5.96. The fourth-order valence-electron chi connectivity index (χ4n) is 3.79. The predicted octanol–water partition coefficient (Wildman–Crippen LogP) is 3.33. The Morgan fingerprint density at radius 2 is 2.00 bits per heavy atom. The van der Waals surface area contributed by atoms with Crippen molar-refractivity contribution in [2.75, 3.05) is 57.8 Å². The molecule has 1 unspecified atom stereocenters. The van der Waals surface area contributed by atoms with Crippen molar-refractivity contribution in [3.63, 3.8) is 0 Å². The summed E-state index contributed by atoms with van der Waals surface area (Å²) < 4.78 is 5.88. The van der Waals surface area contributed by atoms with Crippen molar-refractivity contribution in [1.29, 1.82) is 0 Å². The molecule has 1 aromatic rings. The van der Waals surface area contributed by atoms with Gasteiger partial charge in [0, 0.05) is 62.1 Å². The molecule has 164 valence electrons. The Balaban J connectivity index is 0.00000300. The molecule has 2 aliphatic rings. The maximum absolute atomic E-state index is 6.57. The van der Waals surface area contributed by atoms with Crippen molar-refractivity contribution in [1.82, 2.24) is 15.5 Å². The van der Waals surface area contributed by atoms with Gasteiger partial charge in [0.15, 0.2) is 5.96 Å². The van der Waals surface area contributed by atoms with Crippen LogP contribution in [0.5, 0.6) is 0 Å². The molecule has 0 aromatic heterocycles. The standard InChI is InChI=1S/C21H34ClN5O.HI/c1-4-23-20(25-16-21(2)9-6-14-28-21)24-15-17-18(22)7-5-8-19(17)27-12-10-26(3)11-13-27;/h5,7-8H,4,6,9-16H2,1-3H3,(H2,23,24,25);1H. The van der Waals surface area contributed by atoms with Crippen LogP contribution in [0.25, 0.3) is 0 Å². The Bertz CT molecular complexity index is 673. The monoisotopic (exact) mass is 535 g/mol. The van der Waals surface area contributed by atoms with E-state index in [4.69, 9.17) is 21.3 Å². The number of nitrogens with one attached hydrogen (secondary N) is 2. The summed E-state index contributed by atoms with van der Waals surface area (Å²) in [6, 6.07) is 6.15. The molecule has 3 rings (SSSR count). The molecule has 0 spiro atoms. The third-order valence-electron chi connectivity index (χ3n) is 5.61. The largest absolute Gasteiger partial charge is 0.373 e. The number of likely N-dealkylation sites (N-methyl/N-ethyl adjacent to an activating group) is 1. The number of guanidine groups is 1. The van der Waals surface area contributed by atoms with Crippen molar-refractivity contribution in [3.05, 3.63) is 28.8 Å². The maximum atomic E-state index is 6.57. The van der Waals surface area contributed by atoms with Crippen molar-refractivity contribution >= 4 is 47.2 Å². The number of aliphatic imine (C=N–C) groups is 1. The first-order valence-corrected chi connectivity index (χ1v) is 10.8. The van der Waals surface area contributed by atoms with Gasteiger partial charge in [-0.05, 0) is 45.9 Å². The summed E-state index contributed by atoms with van der Waals surface area (Å²) in [5.41, 5.74) is 2.19. The van der Waals surface area contributed by atoms with E-state index in [1.54, 1.807) is 0 Å². The lowest BCUT2D eigenvalue weighted by atomic mass is 10.0. The highest BCUT2D eigenvalue weighted by Crippen LogP contribution is 2.29. The quantitative estimate of drug-likeness (QED) is 0.333. The minimum atomic E-state index is -0.106. The van der Waals surface area contributed by atoms with E-state index in [0.717, 1.165) is 75.3 Å². The summed E-state index contributed by atoms with van der Waals surface area (Å²) in [4.78, 5) is 9.60. The van der Waals surface area contributed by atoms with Crippen molar-refractivity contribution < 1.29 is 4.74 Å². The van der Waals surface area contributed by atoms with E-state index in [0.29, 0.717) is 6.54 Å². The number of benzene rings is 1. The molecule has 0 bridgehead atoms. The summed E-state index contributed by atoms with van der Waals surface area (Å²) in [6.07, 6.45) is 2.21. The number of ether oxygens (including phenoxy) is 1. The fourth-order valence-corrected chi connectivity index (χ4v) is 4.02. The van der Waals surface area contributed by atoms with Gasteiger partial charge in [0.05, 0.1) is 12.1 Å². The summed E-state index contributed by atoms with van der Waals surface area (Å²) >= 11 is 6.57. The van der Waals surface area contributed by atoms with Crippen LogP contribution in [0.4, 0.5) is 5.69 Å². The molecule has 2 N–H and O–H groups in total. The van der Waals surface area contributed by atoms with Gasteiger partial charge < -0.3 is 25.2 Å². The van der Waals surface area contributed by atoms with Crippen LogP contribution in [-0.4, -0.2) is 69.4 Å². The number of rotatable bonds is 6. The van der Waals surface area contributed by atoms with Gasteiger partial charge in [0.2, 0.25) is 0 Å². The molecule has 1 aromatic carbocycles. The van der Waals surface area contributed by atoms with Crippen LogP contribution in [0, 0.1) is 0 Å². The fraction of sp³-hybridized carbons (Fsp3) is 0.667. The second kappa shape index (κ2) is 11.6. The summed E-state index contributed by atoms with van der Waals surface area (Å²) in [5.74, 6) is 0.809. The van der Waals surface area contributed by atoms with E-state index in [1.807, 2.05) is 12.1 Å². The van der Waals surface area contributed by atoms with Crippen LogP contribution in [0.15, 0.2) is 23.2 Å². The average Bonchev–Trinajstić information content (AvgIpc) is 3.12. The summed E-state index contributed by atoms with van der Waals surface area (Å²) in [6.45, 7) is 11.4. The highest BCUT2D eigenvalue weighted by Gasteiger charge is 2.29. The van der Waals surface area contributed by atoms with Crippen molar-refractivity contribution in [2.24, 2.45) is 4.99 Å². The van der Waals surface area contributed by atoms with Gasteiger partial charge in [-0.2, -0.15) is 0 Å². The molecule has 2 aliphatic heterocycles. The Morgan fingerprint density at radius 1 is 1.24 bits per heavy atom. The zero-order valence-electron chi connectivity index (χ0n) is 17.8. The van der Waals surface area contributed by atoms with Gasteiger partial charge in [-0.15, -0.1) is 24.0 Å². The van der Waals surface area contributed by atoms with Crippen LogP contribution in [0.2, 0.25) is 5.02 Å². The van der Waals surface area contributed by atoms with Gasteiger partial charge in [-0.1, -0.05) is 17.7 Å². The average molecular weight is 536 g/mol. The first-order chi connectivity index (χ1) is 13.5. The second-order valence-electron chi connectivity index (χ2n) is 7.98. The molecule has 0 saturated carbocycles. The number of hydrogen-bond donors (Lipinski definition) is 2. The first-order valence-electron chi connectivity index (χ1n) is 10.4. The zero-order valence-corrected chi connectivity index (χ0v) is 20.9. The lowest BCUT2D eigenvalue weighted by molar-refractivity contribution is 0.0243. The number of hydrogen-bond acceptors (Lipinski definition) is 4. The van der Waals surface area contributed by atoms with E-state index in [9.17, 15) is 0 Å². The van der Waals surface area contributed by atoms with Crippen LogP contribution < -0.4 is 15.5 Å². The lowest BCUT2D eigenvalue weighted by Gasteiger charge is -2.35. The molecule has 2 heterocycles. The zero-order chi connectivity index (χ0) is 20.0. The van der Waals surface area contributed by atoms with Crippen molar-refractivity contribution in [3.8, 4) is 0 Å². The van der Waals surface area contributed by atoms with E-state index in [2.05, 4.69) is 47.4 Å². The van der Waals surface area contributed by atoms with E-state index in [-0.39, 0.29) is 29.6 Å². The smallest absolute Gasteiger partial charge is 0.191 e. The molecule has 0 amide bonds. The Morgan fingerprint density at radius 3 is 2.66 bits per heavy atom. The van der Waals surface area contributed by atoms with Crippen molar-refractivity contribution in [2.45, 2.75) is 38.8 Å². The third kappa shape index (κ3) is 6.87.